The molecule has 0 saturated heterocycles. The third-order valence-corrected chi connectivity index (χ3v) is 2.69. The SMILES string of the molecule is CN(C(=O)Oc1ccc(Cl)cc1)c1ccccc1. The van der Waals surface area contributed by atoms with Gasteiger partial charge in [-0.25, -0.2) is 4.79 Å². The standard InChI is InChI=1S/C14H12ClNO2/c1-16(12-5-3-2-4-6-12)14(17)18-13-9-7-11(15)8-10-13/h2-10H,1H3. The summed E-state index contributed by atoms with van der Waals surface area (Å²) < 4.78 is 5.21. The van der Waals surface area contributed by atoms with E-state index in [-0.39, 0.29) is 0 Å². The Labute approximate surface area is 111 Å². The number of ether oxygens (including phenoxy) is 1. The summed E-state index contributed by atoms with van der Waals surface area (Å²) in [7, 11) is 1.66. The first kappa shape index (κ1) is 12.5. The molecular weight excluding hydrogens is 250 g/mol. The first-order chi connectivity index (χ1) is 8.66. The van der Waals surface area contributed by atoms with E-state index in [1.807, 2.05) is 30.3 Å². The van der Waals surface area contributed by atoms with Crippen molar-refractivity contribution in [2.75, 3.05) is 11.9 Å². The Kier molecular flexibility index (Phi) is 3.85. The van der Waals surface area contributed by atoms with Gasteiger partial charge in [0.05, 0.1) is 0 Å². The number of hydrogen-bond acceptors (Lipinski definition) is 2. The molecule has 0 aliphatic rings. The molecule has 18 heavy (non-hydrogen) atoms. The Morgan fingerprint density at radius 1 is 1.06 bits per heavy atom. The summed E-state index contributed by atoms with van der Waals surface area (Å²) in [5.74, 6) is 0.465. The second-order valence-electron chi connectivity index (χ2n) is 3.72. The third-order valence-electron chi connectivity index (χ3n) is 2.44. The van der Waals surface area contributed by atoms with Gasteiger partial charge >= 0.3 is 6.09 Å². The van der Waals surface area contributed by atoms with Crippen molar-refractivity contribution in [2.45, 2.75) is 0 Å². The van der Waals surface area contributed by atoms with Crippen molar-refractivity contribution < 1.29 is 9.53 Å². The van der Waals surface area contributed by atoms with Crippen molar-refractivity contribution in [1.82, 2.24) is 0 Å². The predicted molar refractivity (Wildman–Crippen MR) is 72.3 cm³/mol. The van der Waals surface area contributed by atoms with E-state index < -0.39 is 6.09 Å². The monoisotopic (exact) mass is 261 g/mol. The fourth-order valence-electron chi connectivity index (χ4n) is 1.43. The fourth-order valence-corrected chi connectivity index (χ4v) is 1.55. The number of benzene rings is 2. The molecule has 0 aromatic heterocycles. The van der Waals surface area contributed by atoms with Crippen LogP contribution in [0.4, 0.5) is 10.5 Å². The van der Waals surface area contributed by atoms with Crippen molar-refractivity contribution in [2.24, 2.45) is 0 Å². The van der Waals surface area contributed by atoms with Crippen molar-refractivity contribution >= 4 is 23.4 Å². The smallest absolute Gasteiger partial charge is 0.410 e. The maximum atomic E-state index is 11.9. The number of hydrogen-bond donors (Lipinski definition) is 0. The molecule has 0 heterocycles. The average molecular weight is 262 g/mol. The Balaban J connectivity index is 2.06. The molecule has 0 radical (unpaired) electrons. The van der Waals surface area contributed by atoms with Crippen molar-refractivity contribution in [1.29, 1.82) is 0 Å². The molecule has 0 atom stereocenters. The van der Waals surface area contributed by atoms with Crippen LogP contribution in [0.5, 0.6) is 5.75 Å². The Bertz CT molecular complexity index is 525. The van der Waals surface area contributed by atoms with Gasteiger partial charge in [0.2, 0.25) is 0 Å². The Morgan fingerprint density at radius 3 is 2.28 bits per heavy atom. The van der Waals surface area contributed by atoms with Crippen molar-refractivity contribution in [3.63, 3.8) is 0 Å². The lowest BCUT2D eigenvalue weighted by atomic mass is 10.3. The van der Waals surface area contributed by atoms with Crippen LogP contribution in [0.3, 0.4) is 0 Å². The van der Waals surface area contributed by atoms with E-state index in [0.29, 0.717) is 10.8 Å². The van der Waals surface area contributed by atoms with E-state index in [0.717, 1.165) is 5.69 Å². The zero-order chi connectivity index (χ0) is 13.0. The first-order valence-electron chi connectivity index (χ1n) is 5.43. The fraction of sp³-hybridized carbons (Fsp3) is 0.0714. The van der Waals surface area contributed by atoms with Crippen LogP contribution in [-0.4, -0.2) is 13.1 Å². The Morgan fingerprint density at radius 2 is 1.67 bits per heavy atom. The average Bonchev–Trinajstić information content (AvgIpc) is 2.41. The molecule has 0 unspecified atom stereocenters. The van der Waals surface area contributed by atoms with Crippen LogP contribution in [0, 0.1) is 0 Å². The number of rotatable bonds is 2. The Hall–Kier alpha value is -2.00. The second-order valence-corrected chi connectivity index (χ2v) is 4.15. The van der Waals surface area contributed by atoms with Crippen LogP contribution in [0.25, 0.3) is 0 Å². The van der Waals surface area contributed by atoms with Gasteiger partial charge < -0.3 is 4.74 Å². The van der Waals surface area contributed by atoms with Gasteiger partial charge in [-0.05, 0) is 36.4 Å². The van der Waals surface area contributed by atoms with Gasteiger partial charge in [0.25, 0.3) is 0 Å². The van der Waals surface area contributed by atoms with E-state index in [1.165, 1.54) is 4.90 Å². The van der Waals surface area contributed by atoms with Gasteiger partial charge in [0.1, 0.15) is 5.75 Å². The van der Waals surface area contributed by atoms with Crippen LogP contribution < -0.4 is 9.64 Å². The van der Waals surface area contributed by atoms with E-state index >= 15 is 0 Å². The maximum absolute atomic E-state index is 11.9. The van der Waals surface area contributed by atoms with Crippen LogP contribution in [0.15, 0.2) is 54.6 Å². The van der Waals surface area contributed by atoms with Gasteiger partial charge in [-0.1, -0.05) is 29.8 Å². The predicted octanol–water partition coefficient (Wildman–Crippen LogP) is 3.98. The molecule has 0 spiro atoms. The number of para-hydroxylation sites is 1. The molecule has 4 heteroatoms. The molecule has 2 aromatic carbocycles. The van der Waals surface area contributed by atoms with Crippen LogP contribution >= 0.6 is 11.6 Å². The maximum Gasteiger partial charge on any atom is 0.419 e. The number of carbonyl (C=O) groups excluding carboxylic acids is 1. The highest BCUT2D eigenvalue weighted by molar-refractivity contribution is 6.30. The van der Waals surface area contributed by atoms with Crippen molar-refractivity contribution in [3.05, 3.63) is 59.6 Å². The summed E-state index contributed by atoms with van der Waals surface area (Å²) >= 11 is 5.76. The van der Waals surface area contributed by atoms with Crippen LogP contribution in [-0.2, 0) is 0 Å². The molecule has 3 nitrogen and oxygen atoms in total. The molecule has 0 aliphatic heterocycles. The molecule has 0 aliphatic carbocycles. The van der Waals surface area contributed by atoms with E-state index in [9.17, 15) is 4.79 Å². The zero-order valence-electron chi connectivity index (χ0n) is 9.84. The number of anilines is 1. The lowest BCUT2D eigenvalue weighted by Crippen LogP contribution is -2.29. The molecule has 0 fully saturated rings. The normalized spacial score (nSPS) is 9.89. The largest absolute Gasteiger partial charge is 0.419 e. The van der Waals surface area contributed by atoms with Gasteiger partial charge in [-0.3, -0.25) is 4.90 Å². The highest BCUT2D eigenvalue weighted by atomic mass is 35.5. The molecule has 2 rings (SSSR count). The minimum atomic E-state index is -0.441. The quantitative estimate of drug-likeness (QED) is 0.818. The molecule has 92 valence electrons. The first-order valence-corrected chi connectivity index (χ1v) is 5.81. The highest BCUT2D eigenvalue weighted by Gasteiger charge is 2.12. The van der Waals surface area contributed by atoms with Gasteiger partial charge in [-0.2, -0.15) is 0 Å². The lowest BCUT2D eigenvalue weighted by molar-refractivity contribution is 0.209. The zero-order valence-corrected chi connectivity index (χ0v) is 10.6. The van der Waals surface area contributed by atoms with Gasteiger partial charge in [-0.15, -0.1) is 0 Å². The summed E-state index contributed by atoms with van der Waals surface area (Å²) in [5, 5.41) is 0.603. The van der Waals surface area contributed by atoms with Gasteiger partial charge in [0, 0.05) is 17.8 Å². The van der Waals surface area contributed by atoms with Crippen molar-refractivity contribution in [3.8, 4) is 5.75 Å². The summed E-state index contributed by atoms with van der Waals surface area (Å²) in [4.78, 5) is 13.3. The summed E-state index contributed by atoms with van der Waals surface area (Å²) in [6.45, 7) is 0. The van der Waals surface area contributed by atoms with Crippen LogP contribution in [0.1, 0.15) is 0 Å². The number of nitrogens with zero attached hydrogens (tertiary/aromatic N) is 1. The van der Waals surface area contributed by atoms with Crippen LogP contribution in [0.2, 0.25) is 5.02 Å². The van der Waals surface area contributed by atoms with E-state index in [1.54, 1.807) is 31.3 Å². The number of amides is 1. The minimum Gasteiger partial charge on any atom is -0.410 e. The lowest BCUT2D eigenvalue weighted by Gasteiger charge is -2.16. The molecule has 2 aromatic rings. The van der Waals surface area contributed by atoms with E-state index in [4.69, 9.17) is 16.3 Å². The van der Waals surface area contributed by atoms with Gasteiger partial charge in [0.15, 0.2) is 0 Å². The summed E-state index contributed by atoms with van der Waals surface area (Å²) in [6.07, 6.45) is -0.441. The molecule has 0 bridgehead atoms. The topological polar surface area (TPSA) is 29.5 Å². The summed E-state index contributed by atoms with van der Waals surface area (Å²) in [5.41, 5.74) is 0.775. The molecule has 0 saturated carbocycles. The number of carbonyl (C=O) groups is 1. The minimum absolute atomic E-state index is 0.441. The molecule has 0 N–H and O–H groups in total. The molecule has 1 amide bonds. The molecular formula is C14H12ClNO2. The third kappa shape index (κ3) is 3.02. The van der Waals surface area contributed by atoms with E-state index in [2.05, 4.69) is 0 Å². The number of halogens is 1. The summed E-state index contributed by atoms with van der Waals surface area (Å²) in [6, 6.07) is 15.9. The second kappa shape index (κ2) is 5.56. The highest BCUT2D eigenvalue weighted by Crippen LogP contribution is 2.18.